The van der Waals surface area contributed by atoms with Crippen molar-refractivity contribution in [3.63, 3.8) is 0 Å². The monoisotopic (exact) mass is 406 g/mol. The van der Waals surface area contributed by atoms with Gasteiger partial charge in [-0.05, 0) is 52.9 Å². The fourth-order valence-corrected chi connectivity index (χ4v) is 2.26. The molecule has 1 heterocycles. The van der Waals surface area contributed by atoms with E-state index in [4.69, 9.17) is 17.4 Å². The molecule has 1 aromatic carbocycles. The fourth-order valence-electron chi connectivity index (χ4n) is 1.45. The van der Waals surface area contributed by atoms with E-state index in [-0.39, 0.29) is 16.5 Å². The molecule has 104 valence electrons. The summed E-state index contributed by atoms with van der Waals surface area (Å²) in [6.45, 7) is 0. The van der Waals surface area contributed by atoms with Gasteiger partial charge in [0.15, 0.2) is 0 Å². The fraction of sp³-hybridized carbons (Fsp3) is 0. The number of anilines is 2. The van der Waals surface area contributed by atoms with Gasteiger partial charge in [-0.15, -0.1) is 0 Å². The Balaban J connectivity index is 2.28. The number of nitrogens with zero attached hydrogens (tertiary/aromatic N) is 1. The predicted octanol–water partition coefficient (Wildman–Crippen LogP) is 3.02. The zero-order valence-corrected chi connectivity index (χ0v) is 12.9. The second kappa shape index (κ2) is 6.33. The van der Waals surface area contributed by atoms with Crippen molar-refractivity contribution in [2.45, 2.75) is 0 Å². The smallest absolute Gasteiger partial charge is 0.275 e. The number of nitrogen functional groups attached to an aromatic ring is 1. The maximum atomic E-state index is 13.0. The lowest BCUT2D eigenvalue weighted by atomic mass is 10.3. The SMILES string of the molecule is NNc1ccc(Cl)c(C(=O)Nc2ccc(F)cc2I)n1. The summed E-state index contributed by atoms with van der Waals surface area (Å²) < 4.78 is 13.6. The van der Waals surface area contributed by atoms with Crippen LogP contribution in [0.1, 0.15) is 10.5 Å². The van der Waals surface area contributed by atoms with Crippen molar-refractivity contribution >= 4 is 51.6 Å². The summed E-state index contributed by atoms with van der Waals surface area (Å²) >= 11 is 7.85. The van der Waals surface area contributed by atoms with E-state index in [1.165, 1.54) is 24.3 Å². The van der Waals surface area contributed by atoms with E-state index in [1.54, 1.807) is 6.07 Å². The number of carbonyl (C=O) groups is 1. The Hall–Kier alpha value is -1.45. The van der Waals surface area contributed by atoms with Crippen LogP contribution in [0.4, 0.5) is 15.9 Å². The normalized spacial score (nSPS) is 10.2. The van der Waals surface area contributed by atoms with Crippen molar-refractivity contribution in [1.29, 1.82) is 0 Å². The van der Waals surface area contributed by atoms with Gasteiger partial charge in [0.25, 0.3) is 5.91 Å². The molecule has 0 spiro atoms. The van der Waals surface area contributed by atoms with E-state index in [0.29, 0.717) is 15.1 Å². The molecule has 0 aliphatic heterocycles. The first kappa shape index (κ1) is 14.9. The van der Waals surface area contributed by atoms with Gasteiger partial charge in [0, 0.05) is 3.57 Å². The van der Waals surface area contributed by atoms with E-state index >= 15 is 0 Å². The van der Waals surface area contributed by atoms with Crippen LogP contribution in [0.15, 0.2) is 30.3 Å². The Morgan fingerprint density at radius 3 is 2.75 bits per heavy atom. The van der Waals surface area contributed by atoms with Crippen LogP contribution in [0.3, 0.4) is 0 Å². The molecular weight excluding hydrogens is 398 g/mol. The molecule has 0 aliphatic carbocycles. The number of hydrogen-bond donors (Lipinski definition) is 3. The lowest BCUT2D eigenvalue weighted by Gasteiger charge is -2.09. The van der Waals surface area contributed by atoms with Crippen LogP contribution in [-0.2, 0) is 0 Å². The first-order valence-electron chi connectivity index (χ1n) is 5.41. The van der Waals surface area contributed by atoms with Crippen LogP contribution in [0.25, 0.3) is 0 Å². The molecule has 0 radical (unpaired) electrons. The van der Waals surface area contributed by atoms with Gasteiger partial charge in [0.1, 0.15) is 17.3 Å². The molecule has 20 heavy (non-hydrogen) atoms. The Kier molecular flexibility index (Phi) is 4.73. The van der Waals surface area contributed by atoms with Gasteiger partial charge < -0.3 is 10.7 Å². The first-order valence-corrected chi connectivity index (χ1v) is 6.86. The van der Waals surface area contributed by atoms with E-state index in [2.05, 4.69) is 15.7 Å². The molecule has 2 rings (SSSR count). The van der Waals surface area contributed by atoms with Gasteiger partial charge >= 0.3 is 0 Å². The molecule has 0 bridgehead atoms. The zero-order valence-electron chi connectivity index (χ0n) is 9.95. The molecule has 5 nitrogen and oxygen atoms in total. The van der Waals surface area contributed by atoms with Crippen LogP contribution in [-0.4, -0.2) is 10.9 Å². The number of nitrogens with two attached hydrogens (primary N) is 1. The summed E-state index contributed by atoms with van der Waals surface area (Å²) in [6.07, 6.45) is 0. The van der Waals surface area contributed by atoms with Crippen molar-refractivity contribution in [2.75, 3.05) is 10.7 Å². The van der Waals surface area contributed by atoms with Gasteiger partial charge in [-0.2, -0.15) is 0 Å². The number of amides is 1. The number of benzene rings is 1. The van der Waals surface area contributed by atoms with Crippen LogP contribution in [0.2, 0.25) is 5.02 Å². The molecular formula is C12H9ClFIN4O. The first-order chi connectivity index (χ1) is 9.51. The minimum absolute atomic E-state index is 0.0299. The highest BCUT2D eigenvalue weighted by atomic mass is 127. The molecule has 4 N–H and O–H groups in total. The lowest BCUT2D eigenvalue weighted by molar-refractivity contribution is 0.102. The summed E-state index contributed by atoms with van der Waals surface area (Å²) in [5.74, 6) is 4.67. The van der Waals surface area contributed by atoms with Crippen molar-refractivity contribution in [1.82, 2.24) is 4.98 Å². The maximum Gasteiger partial charge on any atom is 0.275 e. The molecule has 0 unspecified atom stereocenters. The van der Waals surface area contributed by atoms with Gasteiger partial charge in [0.2, 0.25) is 0 Å². The molecule has 1 aromatic heterocycles. The van der Waals surface area contributed by atoms with Gasteiger partial charge in [0.05, 0.1) is 10.7 Å². The number of rotatable bonds is 3. The van der Waals surface area contributed by atoms with Crippen molar-refractivity contribution < 1.29 is 9.18 Å². The summed E-state index contributed by atoms with van der Waals surface area (Å²) in [4.78, 5) is 16.1. The van der Waals surface area contributed by atoms with Crippen molar-refractivity contribution in [3.05, 3.63) is 50.4 Å². The van der Waals surface area contributed by atoms with E-state index in [9.17, 15) is 9.18 Å². The number of pyridine rings is 1. The number of hydrazine groups is 1. The highest BCUT2D eigenvalue weighted by Crippen LogP contribution is 2.22. The molecule has 0 atom stereocenters. The molecule has 0 fully saturated rings. The Bertz CT molecular complexity index is 668. The Morgan fingerprint density at radius 1 is 1.35 bits per heavy atom. The summed E-state index contributed by atoms with van der Waals surface area (Å²) in [7, 11) is 0. The minimum Gasteiger partial charge on any atom is -0.320 e. The molecule has 8 heteroatoms. The molecule has 0 saturated heterocycles. The zero-order chi connectivity index (χ0) is 14.7. The molecule has 1 amide bonds. The van der Waals surface area contributed by atoms with Crippen molar-refractivity contribution in [3.8, 4) is 0 Å². The lowest BCUT2D eigenvalue weighted by Crippen LogP contribution is -2.17. The maximum absolute atomic E-state index is 13.0. The third-order valence-corrected chi connectivity index (χ3v) is 3.59. The Labute approximate surface area is 132 Å². The van der Waals surface area contributed by atoms with E-state index in [1.807, 2.05) is 22.6 Å². The number of carbonyl (C=O) groups excluding carboxylic acids is 1. The molecule has 2 aromatic rings. The summed E-state index contributed by atoms with van der Waals surface area (Å²) in [5.41, 5.74) is 2.83. The van der Waals surface area contributed by atoms with Gasteiger partial charge in [-0.1, -0.05) is 11.6 Å². The third-order valence-electron chi connectivity index (χ3n) is 2.39. The average molecular weight is 407 g/mol. The van der Waals surface area contributed by atoms with E-state index in [0.717, 1.165) is 0 Å². The quantitative estimate of drug-likeness (QED) is 0.416. The topological polar surface area (TPSA) is 80.0 Å². The van der Waals surface area contributed by atoms with Crippen molar-refractivity contribution in [2.24, 2.45) is 5.84 Å². The standard InChI is InChI=1S/C12H9ClFIN4O/c13-7-2-4-10(19-16)18-11(7)12(20)17-9-3-1-6(14)5-8(9)15/h1-5H,16H2,(H,17,20)(H,18,19). The predicted molar refractivity (Wildman–Crippen MR) is 84.1 cm³/mol. The van der Waals surface area contributed by atoms with Crippen LogP contribution in [0, 0.1) is 9.39 Å². The second-order valence-corrected chi connectivity index (χ2v) is 5.32. The van der Waals surface area contributed by atoms with Crippen LogP contribution in [0.5, 0.6) is 0 Å². The van der Waals surface area contributed by atoms with Gasteiger partial charge in [-0.25, -0.2) is 15.2 Å². The summed E-state index contributed by atoms with van der Waals surface area (Å²) in [6, 6.07) is 7.08. The minimum atomic E-state index is -0.503. The average Bonchev–Trinajstić information content (AvgIpc) is 2.42. The number of aromatic nitrogens is 1. The summed E-state index contributed by atoms with van der Waals surface area (Å²) in [5, 5.41) is 2.81. The number of hydrogen-bond acceptors (Lipinski definition) is 4. The van der Waals surface area contributed by atoms with Crippen LogP contribution >= 0.6 is 34.2 Å². The number of nitrogens with one attached hydrogen (secondary N) is 2. The molecule has 0 aliphatic rings. The van der Waals surface area contributed by atoms with Gasteiger partial charge in [-0.3, -0.25) is 4.79 Å². The number of halogens is 3. The third kappa shape index (κ3) is 3.35. The van der Waals surface area contributed by atoms with E-state index < -0.39 is 5.91 Å². The highest BCUT2D eigenvalue weighted by molar-refractivity contribution is 14.1. The Morgan fingerprint density at radius 2 is 2.10 bits per heavy atom. The largest absolute Gasteiger partial charge is 0.320 e. The highest BCUT2D eigenvalue weighted by Gasteiger charge is 2.14. The second-order valence-electron chi connectivity index (χ2n) is 3.75. The molecule has 0 saturated carbocycles. The van der Waals surface area contributed by atoms with Crippen LogP contribution < -0.4 is 16.6 Å².